The smallest absolute Gasteiger partial charge is 0.245 e. The van der Waals surface area contributed by atoms with Crippen molar-refractivity contribution in [2.75, 3.05) is 23.8 Å². The number of aryl methyl sites for hydroxylation is 1. The molecule has 1 heterocycles. The molecule has 1 aromatic carbocycles. The van der Waals surface area contributed by atoms with Crippen LogP contribution in [-0.4, -0.2) is 29.7 Å². The number of nitrogens with zero attached hydrogens (tertiary/aromatic N) is 3. The van der Waals surface area contributed by atoms with Gasteiger partial charge in [-0.2, -0.15) is 0 Å². The van der Waals surface area contributed by atoms with Gasteiger partial charge in [-0.15, -0.1) is 10.2 Å². The number of benzene rings is 1. The van der Waals surface area contributed by atoms with Gasteiger partial charge in [0.15, 0.2) is 0 Å². The van der Waals surface area contributed by atoms with Crippen LogP contribution in [0, 0.1) is 13.8 Å². The molecule has 2 aromatic rings. The Morgan fingerprint density at radius 1 is 1.42 bits per heavy atom. The molecule has 0 radical (unpaired) electrons. The molecular weight excluding hydrogens is 260 g/mol. The summed E-state index contributed by atoms with van der Waals surface area (Å²) in [4.78, 5) is 13.8. The Bertz CT molecular complexity index is 568. The number of anilines is 2. The maximum absolute atomic E-state index is 11.9. The Labute approximate surface area is 116 Å². The van der Waals surface area contributed by atoms with Gasteiger partial charge >= 0.3 is 0 Å². The number of nitrogens with one attached hydrogen (secondary N) is 1. The van der Waals surface area contributed by atoms with E-state index >= 15 is 0 Å². The average Bonchev–Trinajstić information content (AvgIpc) is 2.85. The van der Waals surface area contributed by atoms with E-state index in [1.807, 2.05) is 24.1 Å². The van der Waals surface area contributed by atoms with E-state index in [1.165, 1.54) is 22.5 Å². The molecule has 0 saturated heterocycles. The Morgan fingerprint density at radius 3 is 2.89 bits per heavy atom. The second kappa shape index (κ2) is 5.79. The molecule has 0 bridgehead atoms. The van der Waals surface area contributed by atoms with Crippen molar-refractivity contribution in [1.29, 1.82) is 0 Å². The van der Waals surface area contributed by atoms with Crippen LogP contribution in [0.25, 0.3) is 0 Å². The van der Waals surface area contributed by atoms with Gasteiger partial charge in [0.2, 0.25) is 11.0 Å². The van der Waals surface area contributed by atoms with Crippen LogP contribution in [0.2, 0.25) is 0 Å². The lowest BCUT2D eigenvalue weighted by Gasteiger charge is -2.21. The van der Waals surface area contributed by atoms with Crippen LogP contribution in [0.5, 0.6) is 0 Å². The minimum absolute atomic E-state index is 0.0971. The first-order chi connectivity index (χ1) is 9.08. The summed E-state index contributed by atoms with van der Waals surface area (Å²) in [6, 6.07) is 6.07. The van der Waals surface area contributed by atoms with Gasteiger partial charge in [0.05, 0.1) is 6.54 Å². The molecule has 0 spiro atoms. The number of likely N-dealkylation sites (N-methyl/N-ethyl adjacent to an activating group) is 1. The van der Waals surface area contributed by atoms with E-state index in [0.717, 1.165) is 5.69 Å². The molecule has 1 N–H and O–H groups in total. The third kappa shape index (κ3) is 3.29. The molecule has 0 saturated carbocycles. The molecular formula is C13H16N4OS. The van der Waals surface area contributed by atoms with Crippen molar-refractivity contribution in [1.82, 2.24) is 10.2 Å². The Balaban J connectivity index is 2.02. The largest absolute Gasteiger partial charge is 0.365 e. The number of carbonyl (C=O) groups excluding carboxylic acids is 1. The standard InChI is InChI=1S/C13H16N4OS/c1-9-5-4-6-11(10(9)2)17(3)7-12(18)15-13-16-14-8-19-13/h4-6,8H,7H2,1-3H3,(H,15,16,18). The third-order valence-electron chi connectivity index (χ3n) is 2.97. The molecule has 1 aromatic heterocycles. The molecule has 100 valence electrons. The molecule has 1 amide bonds. The molecule has 0 aliphatic rings. The van der Waals surface area contributed by atoms with E-state index in [4.69, 9.17) is 0 Å². The Morgan fingerprint density at radius 2 is 2.21 bits per heavy atom. The summed E-state index contributed by atoms with van der Waals surface area (Å²) in [5.41, 5.74) is 5.05. The van der Waals surface area contributed by atoms with Gasteiger partial charge in [0.25, 0.3) is 0 Å². The lowest BCUT2D eigenvalue weighted by atomic mass is 10.1. The lowest BCUT2D eigenvalue weighted by molar-refractivity contribution is -0.114. The zero-order valence-corrected chi connectivity index (χ0v) is 12.0. The molecule has 0 aliphatic heterocycles. The topological polar surface area (TPSA) is 58.1 Å². The number of amides is 1. The average molecular weight is 276 g/mol. The van der Waals surface area contributed by atoms with Crippen LogP contribution in [0.15, 0.2) is 23.7 Å². The SMILES string of the molecule is Cc1cccc(N(C)CC(=O)Nc2nncs2)c1C. The minimum atomic E-state index is -0.0971. The van der Waals surface area contributed by atoms with E-state index in [1.54, 1.807) is 5.51 Å². The Hall–Kier alpha value is -1.95. The maximum atomic E-state index is 11.9. The first-order valence-corrected chi connectivity index (χ1v) is 6.79. The van der Waals surface area contributed by atoms with Crippen LogP contribution in [0.1, 0.15) is 11.1 Å². The quantitative estimate of drug-likeness (QED) is 0.930. The molecule has 6 heteroatoms. The van der Waals surface area contributed by atoms with Crippen LogP contribution < -0.4 is 10.2 Å². The third-order valence-corrected chi connectivity index (χ3v) is 3.58. The van der Waals surface area contributed by atoms with Crippen molar-refractivity contribution in [2.24, 2.45) is 0 Å². The summed E-state index contributed by atoms with van der Waals surface area (Å²) in [7, 11) is 1.90. The van der Waals surface area contributed by atoms with Gasteiger partial charge in [-0.05, 0) is 31.0 Å². The summed E-state index contributed by atoms with van der Waals surface area (Å²) in [5.74, 6) is -0.0971. The van der Waals surface area contributed by atoms with Crippen LogP contribution in [-0.2, 0) is 4.79 Å². The maximum Gasteiger partial charge on any atom is 0.245 e. The van der Waals surface area contributed by atoms with E-state index in [9.17, 15) is 4.79 Å². The number of hydrogen-bond donors (Lipinski definition) is 1. The van der Waals surface area contributed by atoms with Gasteiger partial charge in [-0.3, -0.25) is 10.1 Å². The van der Waals surface area contributed by atoms with Crippen molar-refractivity contribution < 1.29 is 4.79 Å². The van der Waals surface area contributed by atoms with Gasteiger partial charge in [0.1, 0.15) is 5.51 Å². The van der Waals surface area contributed by atoms with Gasteiger partial charge < -0.3 is 4.90 Å². The summed E-state index contributed by atoms with van der Waals surface area (Å²) in [6.07, 6.45) is 0. The predicted molar refractivity (Wildman–Crippen MR) is 77.7 cm³/mol. The highest BCUT2D eigenvalue weighted by atomic mass is 32.1. The molecule has 0 fully saturated rings. The Kier molecular flexibility index (Phi) is 4.11. The second-order valence-electron chi connectivity index (χ2n) is 4.37. The van der Waals surface area contributed by atoms with Crippen LogP contribution in [0.4, 0.5) is 10.8 Å². The van der Waals surface area contributed by atoms with E-state index in [0.29, 0.717) is 5.13 Å². The van der Waals surface area contributed by atoms with Crippen molar-refractivity contribution in [3.63, 3.8) is 0 Å². The second-order valence-corrected chi connectivity index (χ2v) is 5.20. The number of carbonyl (C=O) groups is 1. The van der Waals surface area contributed by atoms with E-state index < -0.39 is 0 Å². The normalized spacial score (nSPS) is 10.3. The molecule has 5 nitrogen and oxygen atoms in total. The van der Waals surface area contributed by atoms with Gasteiger partial charge in [0, 0.05) is 12.7 Å². The molecule has 0 atom stereocenters. The van der Waals surface area contributed by atoms with E-state index in [-0.39, 0.29) is 12.5 Å². The van der Waals surface area contributed by atoms with Crippen molar-refractivity contribution in [3.05, 3.63) is 34.8 Å². The lowest BCUT2D eigenvalue weighted by Crippen LogP contribution is -2.30. The van der Waals surface area contributed by atoms with Crippen LogP contribution >= 0.6 is 11.3 Å². The monoisotopic (exact) mass is 276 g/mol. The highest BCUT2D eigenvalue weighted by Crippen LogP contribution is 2.21. The van der Waals surface area contributed by atoms with Crippen molar-refractivity contribution in [2.45, 2.75) is 13.8 Å². The first kappa shape index (κ1) is 13.5. The number of aromatic nitrogens is 2. The summed E-state index contributed by atoms with van der Waals surface area (Å²) >= 11 is 1.31. The highest BCUT2D eigenvalue weighted by Gasteiger charge is 2.11. The zero-order valence-electron chi connectivity index (χ0n) is 11.2. The molecule has 19 heavy (non-hydrogen) atoms. The highest BCUT2D eigenvalue weighted by molar-refractivity contribution is 7.13. The molecule has 0 aliphatic carbocycles. The van der Waals surface area contributed by atoms with Gasteiger partial charge in [-0.1, -0.05) is 23.5 Å². The zero-order chi connectivity index (χ0) is 13.8. The fourth-order valence-corrected chi connectivity index (χ4v) is 2.30. The van der Waals surface area contributed by atoms with Crippen molar-refractivity contribution >= 4 is 28.1 Å². The fourth-order valence-electron chi connectivity index (χ4n) is 1.84. The first-order valence-electron chi connectivity index (χ1n) is 5.91. The summed E-state index contributed by atoms with van der Waals surface area (Å²) in [5, 5.41) is 10.7. The minimum Gasteiger partial charge on any atom is -0.365 e. The summed E-state index contributed by atoms with van der Waals surface area (Å²) in [6.45, 7) is 4.40. The molecule has 2 rings (SSSR count). The fraction of sp³-hybridized carbons (Fsp3) is 0.308. The number of hydrogen-bond acceptors (Lipinski definition) is 5. The molecule has 0 unspecified atom stereocenters. The number of rotatable bonds is 4. The van der Waals surface area contributed by atoms with Crippen molar-refractivity contribution in [3.8, 4) is 0 Å². The van der Waals surface area contributed by atoms with Gasteiger partial charge in [-0.25, -0.2) is 0 Å². The summed E-state index contributed by atoms with van der Waals surface area (Å²) < 4.78 is 0. The van der Waals surface area contributed by atoms with E-state index in [2.05, 4.69) is 35.4 Å². The van der Waals surface area contributed by atoms with Crippen LogP contribution in [0.3, 0.4) is 0 Å². The predicted octanol–water partition coefficient (Wildman–Crippen LogP) is 2.23.